The molecule has 0 heterocycles. The Kier molecular flexibility index (Phi) is 50.1. The molecule has 2 unspecified atom stereocenters. The van der Waals surface area contributed by atoms with E-state index in [1.54, 1.807) is 0 Å². The normalized spacial score (nSPS) is 14.1. The number of unbranched alkanes of at least 4 members (excludes halogenated alkanes) is 19. The molecule has 0 aliphatic heterocycles. The quantitative estimate of drug-likeness (QED) is 0.0195. The van der Waals surface area contributed by atoms with Crippen LogP contribution in [0.15, 0.2) is 109 Å². The average molecular weight is 1020 g/mol. The van der Waals surface area contributed by atoms with Crippen molar-refractivity contribution >= 4 is 19.8 Å². The zero-order valence-electron chi connectivity index (χ0n) is 46.6. The first kappa shape index (κ1) is 68.7. The first-order chi connectivity index (χ1) is 35.0. The number of phosphoric acid groups is 1. The number of allylic oxidation sites excluding steroid dienone is 18. The van der Waals surface area contributed by atoms with E-state index in [-0.39, 0.29) is 26.1 Å². The number of hydrogen-bond acceptors (Lipinski definition) is 8. The maximum atomic E-state index is 12.8. The van der Waals surface area contributed by atoms with Crippen molar-refractivity contribution in [3.8, 4) is 0 Å². The second-order valence-corrected chi connectivity index (χ2v) is 21.3. The first-order valence-electron chi connectivity index (χ1n) is 28.6. The zero-order valence-corrected chi connectivity index (χ0v) is 47.5. The van der Waals surface area contributed by atoms with E-state index in [1.807, 2.05) is 21.1 Å². The van der Waals surface area contributed by atoms with Crippen molar-refractivity contribution in [2.24, 2.45) is 0 Å². The smallest absolute Gasteiger partial charge is 0.306 e. The van der Waals surface area contributed by atoms with Crippen LogP contribution in [0.2, 0.25) is 0 Å². The van der Waals surface area contributed by atoms with E-state index < -0.39 is 32.5 Å². The molecular weight excluding hydrogens is 918 g/mol. The van der Waals surface area contributed by atoms with Gasteiger partial charge in [-0.05, 0) is 96.3 Å². The highest BCUT2D eigenvalue weighted by molar-refractivity contribution is 7.45. The fraction of sp³-hybridized carbons (Fsp3) is 0.677. The third kappa shape index (κ3) is 56.0. The highest BCUT2D eigenvalue weighted by Gasteiger charge is 2.21. The molecule has 0 amide bonds. The minimum atomic E-state index is -4.65. The number of rotatable bonds is 51. The monoisotopic (exact) mass is 1020 g/mol. The van der Waals surface area contributed by atoms with Gasteiger partial charge in [-0.1, -0.05) is 220 Å². The van der Waals surface area contributed by atoms with Crippen LogP contribution < -0.4 is 4.89 Å². The van der Waals surface area contributed by atoms with Gasteiger partial charge >= 0.3 is 11.9 Å². The summed E-state index contributed by atoms with van der Waals surface area (Å²) in [6.07, 6.45) is 72.8. The number of quaternary nitrogens is 1. The SMILES string of the molecule is CC/C=C\C/C=C\C/C=C\C/C=C\C/C=C\CCCCCC(=O)OC(COC(=O)CCCCCCCCCCCCCCCCCC/C=C\C/C=C\C/C=C\C/C=C\CC)COP(=O)([O-])OCC[N+](C)(C)C. The van der Waals surface area contributed by atoms with Crippen LogP contribution in [0.1, 0.15) is 219 Å². The molecule has 0 spiro atoms. The van der Waals surface area contributed by atoms with Gasteiger partial charge in [0.15, 0.2) is 6.10 Å². The van der Waals surface area contributed by atoms with Crippen LogP contribution in [0.3, 0.4) is 0 Å². The third-order valence-corrected chi connectivity index (χ3v) is 12.8. The van der Waals surface area contributed by atoms with Crippen molar-refractivity contribution in [2.75, 3.05) is 47.5 Å². The molecule has 0 radical (unpaired) electrons. The molecule has 0 aromatic carbocycles. The van der Waals surface area contributed by atoms with Gasteiger partial charge in [-0.3, -0.25) is 14.2 Å². The molecule has 412 valence electrons. The Labute approximate surface area is 442 Å². The van der Waals surface area contributed by atoms with E-state index in [4.69, 9.17) is 18.5 Å². The van der Waals surface area contributed by atoms with E-state index in [9.17, 15) is 19.0 Å². The molecule has 0 aromatic rings. The summed E-state index contributed by atoms with van der Waals surface area (Å²) >= 11 is 0. The average Bonchev–Trinajstić information content (AvgIpc) is 3.34. The molecular formula is C62H106NO8P. The van der Waals surface area contributed by atoms with E-state index in [0.29, 0.717) is 17.4 Å². The highest BCUT2D eigenvalue weighted by atomic mass is 31.2. The Morgan fingerprint density at radius 2 is 0.750 bits per heavy atom. The Bertz CT molecular complexity index is 1580. The van der Waals surface area contributed by atoms with E-state index in [1.165, 1.54) is 89.9 Å². The first-order valence-corrected chi connectivity index (χ1v) is 30.1. The van der Waals surface area contributed by atoms with Crippen LogP contribution in [0.4, 0.5) is 0 Å². The molecule has 0 aromatic heterocycles. The molecule has 9 nitrogen and oxygen atoms in total. The Morgan fingerprint density at radius 1 is 0.431 bits per heavy atom. The van der Waals surface area contributed by atoms with Crippen molar-refractivity contribution in [3.63, 3.8) is 0 Å². The number of likely N-dealkylation sites (N-methyl/N-ethyl adjacent to an activating group) is 1. The zero-order chi connectivity index (χ0) is 52.7. The van der Waals surface area contributed by atoms with Gasteiger partial charge in [-0.2, -0.15) is 0 Å². The molecule has 0 aliphatic carbocycles. The van der Waals surface area contributed by atoms with Crippen molar-refractivity contribution in [2.45, 2.75) is 225 Å². The van der Waals surface area contributed by atoms with Gasteiger partial charge in [0.25, 0.3) is 7.82 Å². The maximum Gasteiger partial charge on any atom is 0.306 e. The van der Waals surface area contributed by atoms with Gasteiger partial charge in [0.05, 0.1) is 27.7 Å². The Morgan fingerprint density at radius 3 is 1.12 bits per heavy atom. The van der Waals surface area contributed by atoms with Crippen molar-refractivity contribution in [1.82, 2.24) is 0 Å². The Hall–Kier alpha value is -3.33. The summed E-state index contributed by atoms with van der Waals surface area (Å²) in [5, 5.41) is 0. The summed E-state index contributed by atoms with van der Waals surface area (Å²) in [6.45, 7) is 3.97. The minimum Gasteiger partial charge on any atom is -0.756 e. The second-order valence-electron chi connectivity index (χ2n) is 19.9. The van der Waals surface area contributed by atoms with Gasteiger partial charge in [-0.25, -0.2) is 0 Å². The van der Waals surface area contributed by atoms with Crippen LogP contribution in [0, 0.1) is 0 Å². The highest BCUT2D eigenvalue weighted by Crippen LogP contribution is 2.38. The number of nitrogens with zero attached hydrogens (tertiary/aromatic N) is 1. The summed E-state index contributed by atoms with van der Waals surface area (Å²) in [5.41, 5.74) is 0. The fourth-order valence-corrected chi connectivity index (χ4v) is 8.17. The summed E-state index contributed by atoms with van der Waals surface area (Å²) < 4.78 is 34.1. The van der Waals surface area contributed by atoms with Crippen molar-refractivity contribution in [1.29, 1.82) is 0 Å². The second kappa shape index (κ2) is 52.5. The topological polar surface area (TPSA) is 111 Å². The summed E-state index contributed by atoms with van der Waals surface area (Å²) in [5.74, 6) is -0.875. The van der Waals surface area contributed by atoms with E-state index in [2.05, 4.69) is 123 Å². The van der Waals surface area contributed by atoms with Crippen LogP contribution in [0.5, 0.6) is 0 Å². The van der Waals surface area contributed by atoms with E-state index in [0.717, 1.165) is 96.3 Å². The predicted molar refractivity (Wildman–Crippen MR) is 305 cm³/mol. The molecule has 0 bridgehead atoms. The molecule has 0 rings (SSSR count). The van der Waals surface area contributed by atoms with Gasteiger partial charge in [0.1, 0.15) is 19.8 Å². The number of esters is 2. The molecule has 0 aliphatic rings. The molecule has 0 saturated heterocycles. The summed E-state index contributed by atoms with van der Waals surface area (Å²) in [4.78, 5) is 37.8. The molecule has 0 fully saturated rings. The number of phosphoric ester groups is 1. The van der Waals surface area contributed by atoms with Gasteiger partial charge in [0, 0.05) is 12.8 Å². The lowest BCUT2D eigenvalue weighted by molar-refractivity contribution is -0.870. The molecule has 2 atom stereocenters. The van der Waals surface area contributed by atoms with Crippen molar-refractivity contribution < 1.29 is 42.1 Å². The van der Waals surface area contributed by atoms with Crippen LogP contribution in [0.25, 0.3) is 0 Å². The van der Waals surface area contributed by atoms with E-state index >= 15 is 0 Å². The molecule has 72 heavy (non-hydrogen) atoms. The number of carbonyl (C=O) groups is 2. The molecule has 10 heteroatoms. The largest absolute Gasteiger partial charge is 0.756 e. The number of carbonyl (C=O) groups excluding carboxylic acids is 2. The minimum absolute atomic E-state index is 0.0425. The van der Waals surface area contributed by atoms with Crippen LogP contribution in [-0.2, 0) is 32.7 Å². The summed E-state index contributed by atoms with van der Waals surface area (Å²) in [6, 6.07) is 0. The number of ether oxygens (including phenoxy) is 2. The lowest BCUT2D eigenvalue weighted by Gasteiger charge is -2.28. The lowest BCUT2D eigenvalue weighted by atomic mass is 10.0. The molecule has 0 N–H and O–H groups in total. The number of hydrogen-bond donors (Lipinski definition) is 0. The Balaban J connectivity index is 4.17. The fourth-order valence-electron chi connectivity index (χ4n) is 7.44. The predicted octanol–water partition coefficient (Wildman–Crippen LogP) is 17.2. The van der Waals surface area contributed by atoms with Gasteiger partial charge in [-0.15, -0.1) is 0 Å². The standard InChI is InChI=1S/C62H106NO8P/c1-6-8-10-12-14-16-18-20-22-24-26-27-28-29-30-31-32-33-34-35-37-38-40-42-44-46-48-50-52-54-61(64)68-58-60(59-70-72(66,67)69-57-56-63(3,4)5)71-62(65)55-53-51-49-47-45-43-41-39-36-25-23-21-19-17-15-13-11-9-7-2/h8-11,14-17,20-23,26-27,36,39,43,45,60H,6-7,12-13,18-19,24-25,28-35,37-38,40-42,44,46-59H2,1-5H3/b10-8-,11-9-,16-14-,17-15-,22-20-,23-21-,27-26-,39-36-,45-43-. The van der Waals surface area contributed by atoms with Gasteiger partial charge in [0.2, 0.25) is 0 Å². The van der Waals surface area contributed by atoms with Crippen molar-refractivity contribution in [3.05, 3.63) is 109 Å². The van der Waals surface area contributed by atoms with Crippen LogP contribution >= 0.6 is 7.82 Å². The van der Waals surface area contributed by atoms with Crippen LogP contribution in [-0.4, -0.2) is 70.0 Å². The summed E-state index contributed by atoms with van der Waals surface area (Å²) in [7, 11) is 1.13. The van der Waals surface area contributed by atoms with Gasteiger partial charge < -0.3 is 27.9 Å². The lowest BCUT2D eigenvalue weighted by Crippen LogP contribution is -2.37. The third-order valence-electron chi connectivity index (χ3n) is 11.8. The molecule has 0 saturated carbocycles. The maximum absolute atomic E-state index is 12.8.